The highest BCUT2D eigenvalue weighted by molar-refractivity contribution is 9.10. The third kappa shape index (κ3) is 1.65. The van der Waals surface area contributed by atoms with Crippen molar-refractivity contribution in [3.8, 4) is 0 Å². The van der Waals surface area contributed by atoms with E-state index >= 15 is 0 Å². The summed E-state index contributed by atoms with van der Waals surface area (Å²) in [5.41, 5.74) is 5.16. The fourth-order valence-electron chi connectivity index (χ4n) is 0.990. The standard InChI is InChI=1S/C6H8BrCl2NO/c7-6(4(8)9,5(10)11)3-1-2-3/h3-4H,1-2H2,(H2,10,11)/t6-/m1/s1. The number of carbonyl (C=O) groups excluding carboxylic acids is 1. The smallest absolute Gasteiger partial charge is 0.237 e. The van der Waals surface area contributed by atoms with Crippen LogP contribution in [0.15, 0.2) is 0 Å². The van der Waals surface area contributed by atoms with E-state index < -0.39 is 15.1 Å². The topological polar surface area (TPSA) is 43.1 Å². The van der Waals surface area contributed by atoms with E-state index in [4.69, 9.17) is 28.9 Å². The summed E-state index contributed by atoms with van der Waals surface area (Å²) in [7, 11) is 0. The van der Waals surface area contributed by atoms with E-state index in [2.05, 4.69) is 15.9 Å². The zero-order valence-corrected chi connectivity index (χ0v) is 8.79. The molecule has 64 valence electrons. The molecular formula is C6H8BrCl2NO. The van der Waals surface area contributed by atoms with Gasteiger partial charge in [-0.05, 0) is 18.8 Å². The fourth-order valence-corrected chi connectivity index (χ4v) is 2.02. The average molecular weight is 261 g/mol. The lowest BCUT2D eigenvalue weighted by atomic mass is 10.1. The van der Waals surface area contributed by atoms with E-state index in [9.17, 15) is 4.79 Å². The Bertz CT molecular complexity index is 179. The van der Waals surface area contributed by atoms with Crippen molar-refractivity contribution >= 4 is 45.0 Å². The normalized spacial score (nSPS) is 23.3. The van der Waals surface area contributed by atoms with Gasteiger partial charge in [0.1, 0.15) is 9.16 Å². The molecule has 0 heterocycles. The van der Waals surface area contributed by atoms with Crippen molar-refractivity contribution in [3.05, 3.63) is 0 Å². The highest BCUT2D eigenvalue weighted by Crippen LogP contribution is 2.49. The summed E-state index contributed by atoms with van der Waals surface area (Å²) in [5, 5.41) is 0. The van der Waals surface area contributed by atoms with E-state index in [1.54, 1.807) is 0 Å². The van der Waals surface area contributed by atoms with Gasteiger partial charge in [-0.15, -0.1) is 23.2 Å². The van der Waals surface area contributed by atoms with Crippen molar-refractivity contribution in [2.75, 3.05) is 0 Å². The van der Waals surface area contributed by atoms with Crippen molar-refractivity contribution in [2.24, 2.45) is 11.7 Å². The Balaban J connectivity index is 2.77. The van der Waals surface area contributed by atoms with Gasteiger partial charge in [0.25, 0.3) is 0 Å². The molecule has 1 amide bonds. The van der Waals surface area contributed by atoms with Crippen molar-refractivity contribution < 1.29 is 4.79 Å². The fraction of sp³-hybridized carbons (Fsp3) is 0.833. The highest BCUT2D eigenvalue weighted by atomic mass is 79.9. The van der Waals surface area contributed by atoms with Crippen LogP contribution in [0.2, 0.25) is 0 Å². The van der Waals surface area contributed by atoms with Gasteiger partial charge in [0.05, 0.1) is 0 Å². The van der Waals surface area contributed by atoms with E-state index in [0.717, 1.165) is 12.8 Å². The molecule has 0 bridgehead atoms. The Kier molecular flexibility index (Phi) is 2.72. The highest BCUT2D eigenvalue weighted by Gasteiger charge is 2.52. The third-order valence-electron chi connectivity index (χ3n) is 1.87. The predicted molar refractivity (Wildman–Crippen MR) is 49.1 cm³/mol. The molecule has 0 aromatic rings. The Labute approximate surface area is 83.5 Å². The van der Waals surface area contributed by atoms with Gasteiger partial charge in [-0.2, -0.15) is 0 Å². The number of nitrogens with two attached hydrogens (primary N) is 1. The van der Waals surface area contributed by atoms with Crippen molar-refractivity contribution in [1.82, 2.24) is 0 Å². The molecule has 1 rings (SSSR count). The first kappa shape index (κ1) is 9.62. The third-order valence-corrected chi connectivity index (χ3v) is 4.58. The van der Waals surface area contributed by atoms with Gasteiger partial charge in [-0.1, -0.05) is 15.9 Å². The van der Waals surface area contributed by atoms with Crippen LogP contribution in [0.4, 0.5) is 0 Å². The second-order valence-corrected chi connectivity index (χ2v) is 5.12. The lowest BCUT2D eigenvalue weighted by molar-refractivity contribution is -0.120. The zero-order valence-electron chi connectivity index (χ0n) is 5.69. The zero-order chi connectivity index (χ0) is 8.65. The summed E-state index contributed by atoms with van der Waals surface area (Å²) in [6, 6.07) is 0. The summed E-state index contributed by atoms with van der Waals surface area (Å²) in [5.74, 6) is -0.269. The van der Waals surface area contributed by atoms with Gasteiger partial charge in [-0.25, -0.2) is 0 Å². The maximum absolute atomic E-state index is 11.0. The van der Waals surface area contributed by atoms with Crippen LogP contribution in [-0.2, 0) is 4.79 Å². The summed E-state index contributed by atoms with van der Waals surface area (Å²) in [6.45, 7) is 0. The van der Waals surface area contributed by atoms with E-state index in [-0.39, 0.29) is 5.92 Å². The predicted octanol–water partition coefficient (Wildman–Crippen LogP) is 1.82. The lowest BCUT2D eigenvalue weighted by Gasteiger charge is -2.24. The monoisotopic (exact) mass is 259 g/mol. The van der Waals surface area contributed by atoms with Crippen LogP contribution in [0.5, 0.6) is 0 Å². The Morgan fingerprint density at radius 2 is 2.09 bits per heavy atom. The Morgan fingerprint density at radius 3 is 2.18 bits per heavy atom. The number of primary amides is 1. The first-order valence-electron chi connectivity index (χ1n) is 3.26. The summed E-state index contributed by atoms with van der Waals surface area (Å²) >= 11 is 14.5. The molecule has 0 aromatic heterocycles. The molecule has 1 atom stereocenters. The Morgan fingerprint density at radius 1 is 1.64 bits per heavy atom. The molecule has 5 heteroatoms. The minimum absolute atomic E-state index is 0.208. The number of halogens is 3. The van der Waals surface area contributed by atoms with Crippen LogP contribution in [0, 0.1) is 5.92 Å². The van der Waals surface area contributed by atoms with E-state index in [1.165, 1.54) is 0 Å². The van der Waals surface area contributed by atoms with Gasteiger partial charge in [0.15, 0.2) is 0 Å². The van der Waals surface area contributed by atoms with Crippen LogP contribution in [0.1, 0.15) is 12.8 Å². The number of carbonyl (C=O) groups is 1. The van der Waals surface area contributed by atoms with Crippen LogP contribution in [0.25, 0.3) is 0 Å². The number of hydrogen-bond acceptors (Lipinski definition) is 1. The SMILES string of the molecule is NC(=O)[C@](Br)(C(Cl)Cl)C1CC1. The number of rotatable bonds is 3. The maximum atomic E-state index is 11.0. The first-order valence-corrected chi connectivity index (χ1v) is 4.93. The van der Waals surface area contributed by atoms with E-state index in [1.807, 2.05) is 0 Å². The van der Waals surface area contributed by atoms with Crippen LogP contribution in [-0.4, -0.2) is 15.1 Å². The molecule has 0 spiro atoms. The molecule has 1 fully saturated rings. The number of alkyl halides is 3. The molecule has 11 heavy (non-hydrogen) atoms. The Hall–Kier alpha value is 0.530. The van der Waals surface area contributed by atoms with Gasteiger partial charge < -0.3 is 5.73 Å². The quantitative estimate of drug-likeness (QED) is 0.773. The summed E-state index contributed by atoms with van der Waals surface area (Å²) in [4.78, 5) is 10.2. The van der Waals surface area contributed by atoms with Crippen molar-refractivity contribution in [3.63, 3.8) is 0 Å². The molecule has 0 saturated heterocycles. The molecule has 1 aliphatic carbocycles. The summed E-state index contributed by atoms with van der Waals surface area (Å²) < 4.78 is -0.907. The average Bonchev–Trinajstić information content (AvgIpc) is 2.66. The van der Waals surface area contributed by atoms with Gasteiger partial charge >= 0.3 is 0 Å². The molecule has 1 aliphatic rings. The first-order chi connectivity index (χ1) is 4.99. The minimum Gasteiger partial charge on any atom is -0.368 e. The molecule has 0 aromatic carbocycles. The molecule has 2 nitrogen and oxygen atoms in total. The second-order valence-electron chi connectivity index (χ2n) is 2.71. The number of hydrogen-bond donors (Lipinski definition) is 1. The van der Waals surface area contributed by atoms with Gasteiger partial charge in [-0.3, -0.25) is 4.79 Å². The largest absolute Gasteiger partial charge is 0.368 e. The molecule has 0 radical (unpaired) electrons. The molecule has 2 N–H and O–H groups in total. The van der Waals surface area contributed by atoms with Gasteiger partial charge in [0.2, 0.25) is 5.91 Å². The molecule has 0 aliphatic heterocycles. The van der Waals surface area contributed by atoms with Crippen LogP contribution in [0.3, 0.4) is 0 Å². The molecular weight excluding hydrogens is 253 g/mol. The van der Waals surface area contributed by atoms with Gasteiger partial charge in [0, 0.05) is 0 Å². The molecule has 1 saturated carbocycles. The minimum atomic E-state index is -0.907. The maximum Gasteiger partial charge on any atom is 0.237 e. The summed E-state index contributed by atoms with van der Waals surface area (Å²) in [6.07, 6.45) is 1.92. The van der Waals surface area contributed by atoms with Crippen LogP contribution < -0.4 is 5.73 Å². The number of amides is 1. The van der Waals surface area contributed by atoms with Crippen LogP contribution >= 0.6 is 39.1 Å². The van der Waals surface area contributed by atoms with E-state index in [0.29, 0.717) is 0 Å². The second kappa shape index (κ2) is 3.11. The molecule has 0 unspecified atom stereocenters. The van der Waals surface area contributed by atoms with Crippen molar-refractivity contribution in [2.45, 2.75) is 22.0 Å². The van der Waals surface area contributed by atoms with Crippen molar-refractivity contribution in [1.29, 1.82) is 0 Å². The lowest BCUT2D eigenvalue weighted by Crippen LogP contribution is -2.45.